The fourth-order valence-electron chi connectivity index (χ4n) is 2.72. The van der Waals surface area contributed by atoms with Gasteiger partial charge in [-0.05, 0) is 34.9 Å². The number of hydrogen-bond acceptors (Lipinski definition) is 3. The van der Waals surface area contributed by atoms with Crippen molar-refractivity contribution < 1.29 is 35.9 Å². The summed E-state index contributed by atoms with van der Waals surface area (Å²) in [6.45, 7) is 0.0945. The van der Waals surface area contributed by atoms with Crippen LogP contribution in [0.4, 0.5) is 31.1 Å². The largest absolute Gasteiger partial charge is 0.416 e. The lowest BCUT2D eigenvalue weighted by atomic mass is 10.0. The first-order chi connectivity index (χ1) is 13.9. The van der Waals surface area contributed by atoms with Crippen molar-refractivity contribution in [3.05, 3.63) is 70.3 Å². The molecule has 0 atom stereocenters. The minimum Gasteiger partial charge on any atom is -0.273 e. The van der Waals surface area contributed by atoms with Gasteiger partial charge in [-0.3, -0.25) is 14.5 Å². The van der Waals surface area contributed by atoms with E-state index in [2.05, 4.69) is 0 Å². The molecular weight excluding hydrogens is 432 g/mol. The first-order valence-electron chi connectivity index (χ1n) is 8.47. The first kappa shape index (κ1) is 21.9. The highest BCUT2D eigenvalue weighted by atomic mass is 32.2. The highest BCUT2D eigenvalue weighted by Gasteiger charge is 2.36. The monoisotopic (exact) mass is 445 g/mol. The number of hydrogen-bond donors (Lipinski definition) is 0. The summed E-state index contributed by atoms with van der Waals surface area (Å²) in [4.78, 5) is 24.3. The van der Waals surface area contributed by atoms with Crippen LogP contribution in [0, 0.1) is 0 Å². The van der Waals surface area contributed by atoms with Crippen molar-refractivity contribution in [1.29, 1.82) is 0 Å². The van der Waals surface area contributed by atoms with E-state index in [9.17, 15) is 35.9 Å². The highest BCUT2D eigenvalue weighted by molar-refractivity contribution is 8.14. The minimum atomic E-state index is -4.91. The number of benzene rings is 2. The summed E-state index contributed by atoms with van der Waals surface area (Å²) in [5.74, 6) is -0.199. The van der Waals surface area contributed by atoms with Gasteiger partial charge in [-0.15, -0.1) is 0 Å². The summed E-state index contributed by atoms with van der Waals surface area (Å²) in [6, 6.07) is 7.77. The third-order valence-electron chi connectivity index (χ3n) is 4.24. The maximum atomic E-state index is 12.9. The molecule has 1 aliphatic heterocycles. The van der Waals surface area contributed by atoms with Crippen molar-refractivity contribution in [3.8, 4) is 0 Å². The van der Waals surface area contributed by atoms with Crippen molar-refractivity contribution in [3.63, 3.8) is 0 Å². The molecule has 10 heteroatoms. The molecule has 30 heavy (non-hydrogen) atoms. The number of nitrogens with zero attached hydrogens (tertiary/aromatic N) is 1. The van der Waals surface area contributed by atoms with E-state index >= 15 is 0 Å². The molecule has 0 aliphatic carbocycles. The summed E-state index contributed by atoms with van der Waals surface area (Å²) in [6.07, 6.45) is -7.28. The van der Waals surface area contributed by atoms with E-state index in [4.69, 9.17) is 0 Å². The number of carbonyl (C=O) groups is 2. The van der Waals surface area contributed by atoms with Gasteiger partial charge in [0.15, 0.2) is 0 Å². The lowest BCUT2D eigenvalue weighted by molar-refractivity contribution is -0.143. The molecule has 2 amide bonds. The topological polar surface area (TPSA) is 37.4 Å². The van der Waals surface area contributed by atoms with E-state index in [1.165, 1.54) is 6.08 Å². The molecule has 1 fully saturated rings. The van der Waals surface area contributed by atoms with E-state index < -0.39 is 23.5 Å². The Balaban J connectivity index is 1.80. The second-order valence-electron chi connectivity index (χ2n) is 6.45. The van der Waals surface area contributed by atoms with E-state index in [-0.39, 0.29) is 35.1 Å². The molecule has 1 saturated heterocycles. The fraction of sp³-hybridized carbons (Fsp3) is 0.200. The Morgan fingerprint density at radius 3 is 1.83 bits per heavy atom. The Hall–Kier alpha value is -2.75. The SMILES string of the molecule is O=C1CSC(=O)N1Cc1ccc(C=Cc2cc(C(F)(F)F)cc(C(F)(F)F)c2)cc1. The van der Waals surface area contributed by atoms with Crippen LogP contribution in [0.2, 0.25) is 0 Å². The van der Waals surface area contributed by atoms with Gasteiger partial charge in [0.2, 0.25) is 5.91 Å². The van der Waals surface area contributed by atoms with Gasteiger partial charge in [0.05, 0.1) is 23.4 Å². The Bertz CT molecular complexity index is 948. The number of amides is 2. The van der Waals surface area contributed by atoms with Crippen LogP contribution in [0.3, 0.4) is 0 Å². The third kappa shape index (κ3) is 5.24. The summed E-state index contributed by atoms with van der Waals surface area (Å²) in [5.41, 5.74) is -1.82. The number of rotatable bonds is 4. The zero-order valence-corrected chi connectivity index (χ0v) is 15.9. The molecule has 0 spiro atoms. The Morgan fingerprint density at radius 1 is 0.833 bits per heavy atom. The van der Waals surface area contributed by atoms with Gasteiger partial charge in [-0.2, -0.15) is 26.3 Å². The van der Waals surface area contributed by atoms with Crippen LogP contribution in [0.1, 0.15) is 27.8 Å². The van der Waals surface area contributed by atoms with E-state index in [0.717, 1.165) is 22.7 Å². The summed E-state index contributed by atoms with van der Waals surface area (Å²) < 4.78 is 77.5. The van der Waals surface area contributed by atoms with Crippen molar-refractivity contribution in [2.45, 2.75) is 18.9 Å². The van der Waals surface area contributed by atoms with E-state index in [1.54, 1.807) is 24.3 Å². The molecule has 0 N–H and O–H groups in total. The predicted molar refractivity (Wildman–Crippen MR) is 100 cm³/mol. The molecule has 0 aromatic heterocycles. The number of imide groups is 1. The molecule has 2 aromatic rings. The van der Waals surface area contributed by atoms with Crippen molar-refractivity contribution in [2.24, 2.45) is 0 Å². The van der Waals surface area contributed by atoms with Gasteiger partial charge >= 0.3 is 12.4 Å². The second kappa shape index (κ2) is 8.17. The summed E-state index contributed by atoms with van der Waals surface area (Å²) in [5, 5.41) is -0.339. The molecular formula is C20H13F6NO2S. The highest BCUT2D eigenvalue weighted by Crippen LogP contribution is 2.36. The van der Waals surface area contributed by atoms with Crippen LogP contribution in [0.25, 0.3) is 12.2 Å². The van der Waals surface area contributed by atoms with Gasteiger partial charge < -0.3 is 0 Å². The standard InChI is InChI=1S/C20H13F6NO2S/c21-19(22,23)15-7-14(8-16(9-15)20(24,25)26)6-3-12-1-4-13(5-2-12)10-27-17(28)11-30-18(27)29/h1-9H,10-11H2. The van der Waals surface area contributed by atoms with Crippen molar-refractivity contribution >= 4 is 35.1 Å². The molecule has 1 aliphatic rings. The molecule has 1 heterocycles. The summed E-state index contributed by atoms with van der Waals surface area (Å²) in [7, 11) is 0. The maximum absolute atomic E-state index is 12.9. The second-order valence-corrected chi connectivity index (χ2v) is 7.38. The third-order valence-corrected chi connectivity index (χ3v) is 5.10. The lowest BCUT2D eigenvalue weighted by Gasteiger charge is -2.13. The quantitative estimate of drug-likeness (QED) is 0.422. The van der Waals surface area contributed by atoms with Gasteiger partial charge in [0.25, 0.3) is 5.24 Å². The Kier molecular flexibility index (Phi) is 5.98. The number of alkyl halides is 6. The molecule has 3 nitrogen and oxygen atoms in total. The van der Waals surface area contributed by atoms with Gasteiger partial charge in [-0.25, -0.2) is 0 Å². The smallest absolute Gasteiger partial charge is 0.273 e. The summed E-state index contributed by atoms with van der Waals surface area (Å²) >= 11 is 0.913. The molecule has 0 bridgehead atoms. The maximum Gasteiger partial charge on any atom is 0.416 e. The Labute approximate surface area is 171 Å². The zero-order valence-electron chi connectivity index (χ0n) is 15.1. The normalized spacial score (nSPS) is 15.5. The van der Waals surface area contributed by atoms with Crippen LogP contribution in [0.5, 0.6) is 0 Å². The van der Waals surface area contributed by atoms with Crippen LogP contribution >= 0.6 is 11.8 Å². The van der Waals surface area contributed by atoms with Crippen molar-refractivity contribution in [2.75, 3.05) is 5.75 Å². The Morgan fingerprint density at radius 2 is 1.37 bits per heavy atom. The van der Waals surface area contributed by atoms with Gasteiger partial charge in [-0.1, -0.05) is 48.2 Å². The van der Waals surface area contributed by atoms with E-state index in [1.807, 2.05) is 0 Å². The fourth-order valence-corrected chi connectivity index (χ4v) is 3.44. The van der Waals surface area contributed by atoms with Gasteiger partial charge in [0, 0.05) is 0 Å². The van der Waals surface area contributed by atoms with Crippen LogP contribution in [0.15, 0.2) is 42.5 Å². The molecule has 2 aromatic carbocycles. The molecule has 0 unspecified atom stereocenters. The van der Waals surface area contributed by atoms with Crippen LogP contribution in [-0.2, 0) is 23.7 Å². The first-order valence-corrected chi connectivity index (χ1v) is 9.46. The van der Waals surface area contributed by atoms with Gasteiger partial charge in [0.1, 0.15) is 0 Å². The zero-order chi connectivity index (χ0) is 22.1. The number of carbonyl (C=O) groups excluding carboxylic acids is 2. The molecule has 3 rings (SSSR count). The lowest BCUT2D eigenvalue weighted by Crippen LogP contribution is -2.27. The predicted octanol–water partition coefficient (Wildman–Crippen LogP) is 6.09. The average molecular weight is 445 g/mol. The van der Waals surface area contributed by atoms with Crippen molar-refractivity contribution in [1.82, 2.24) is 4.90 Å². The molecule has 0 saturated carbocycles. The molecule has 0 radical (unpaired) electrons. The molecule has 158 valence electrons. The number of halogens is 6. The average Bonchev–Trinajstić information content (AvgIpc) is 2.98. The van der Waals surface area contributed by atoms with Crippen LogP contribution in [-0.4, -0.2) is 21.8 Å². The minimum absolute atomic E-state index is 0.0748. The van der Waals surface area contributed by atoms with Crippen LogP contribution < -0.4 is 0 Å². The number of thioether (sulfide) groups is 1. The van der Waals surface area contributed by atoms with E-state index in [0.29, 0.717) is 23.3 Å².